The van der Waals surface area contributed by atoms with Crippen molar-refractivity contribution in [3.8, 4) is 0 Å². The molecule has 4 aromatic rings. The number of hydrogen-bond donors (Lipinski definition) is 2. The van der Waals surface area contributed by atoms with Gasteiger partial charge in [-0.25, -0.2) is 18.9 Å². The number of likely N-dealkylation sites (tertiary alicyclic amines) is 1. The summed E-state index contributed by atoms with van der Waals surface area (Å²) < 4.78 is 53.8. The van der Waals surface area contributed by atoms with Crippen molar-refractivity contribution < 1.29 is 22.4 Å². The number of alkyl halides is 3. The molecule has 1 saturated heterocycles. The van der Waals surface area contributed by atoms with E-state index in [1.54, 1.807) is 6.07 Å². The smallest absolute Gasteiger partial charge is 0.324 e. The monoisotopic (exact) mass is 549 g/mol. The highest BCUT2D eigenvalue weighted by molar-refractivity contribution is 6.31. The number of urea groups is 1. The lowest BCUT2D eigenvalue weighted by molar-refractivity contribution is -0.137. The quantitative estimate of drug-likeness (QED) is 0.356. The van der Waals surface area contributed by atoms with Gasteiger partial charge < -0.3 is 15.2 Å². The zero-order valence-electron chi connectivity index (χ0n) is 19.6. The molecule has 2 N–H and O–H groups in total. The molecule has 0 atom stereocenters. The maximum atomic E-state index is 14.3. The molecule has 2 aromatic heterocycles. The Kier molecular flexibility index (Phi) is 6.78. The standard InChI is InChI=1S/C24H20ClF4N7O2/c25-17-2-1-3-18(26)16(17)12-36-21-19(33-34-36)22(37)32-20(31-21)13-8-10-35(11-9-13)23(38)30-15-6-4-14(5-7-15)24(27,28)29/h1-7,13H,8-12H2,(H,30,38)(H,31,32,37). The molecule has 9 nitrogen and oxygen atoms in total. The van der Waals surface area contributed by atoms with E-state index in [-0.39, 0.29) is 39.9 Å². The van der Waals surface area contributed by atoms with Gasteiger partial charge in [-0.3, -0.25) is 4.79 Å². The van der Waals surface area contributed by atoms with Crippen molar-refractivity contribution in [1.82, 2.24) is 29.9 Å². The molecule has 198 valence electrons. The Morgan fingerprint density at radius 1 is 1.13 bits per heavy atom. The van der Waals surface area contributed by atoms with Gasteiger partial charge in [0.2, 0.25) is 0 Å². The second-order valence-corrected chi connectivity index (χ2v) is 9.24. The van der Waals surface area contributed by atoms with Gasteiger partial charge in [0.15, 0.2) is 11.2 Å². The molecule has 0 unspecified atom stereocenters. The van der Waals surface area contributed by atoms with E-state index in [9.17, 15) is 27.2 Å². The highest BCUT2D eigenvalue weighted by atomic mass is 35.5. The van der Waals surface area contributed by atoms with Crippen molar-refractivity contribution in [2.75, 3.05) is 18.4 Å². The van der Waals surface area contributed by atoms with Crippen molar-refractivity contribution in [1.29, 1.82) is 0 Å². The fourth-order valence-electron chi connectivity index (χ4n) is 4.32. The SMILES string of the molecule is O=C(Nc1ccc(C(F)(F)F)cc1)N1CCC(c2nc3c(nnn3Cc3c(F)cccc3Cl)c(=O)[nH]2)CC1. The number of benzene rings is 2. The number of H-pyrrole nitrogens is 1. The van der Waals surface area contributed by atoms with Crippen LogP contribution in [0.1, 0.15) is 35.7 Å². The van der Waals surface area contributed by atoms with Crippen LogP contribution in [0.5, 0.6) is 0 Å². The summed E-state index contributed by atoms with van der Waals surface area (Å²) in [4.78, 5) is 34.1. The van der Waals surface area contributed by atoms with Gasteiger partial charge in [0.1, 0.15) is 11.6 Å². The van der Waals surface area contributed by atoms with Crippen LogP contribution in [0.25, 0.3) is 11.2 Å². The number of rotatable bonds is 4. The van der Waals surface area contributed by atoms with E-state index in [1.165, 1.54) is 33.8 Å². The highest BCUT2D eigenvalue weighted by Crippen LogP contribution is 2.30. The lowest BCUT2D eigenvalue weighted by Gasteiger charge is -2.31. The Morgan fingerprint density at radius 3 is 2.50 bits per heavy atom. The third kappa shape index (κ3) is 5.19. The molecule has 0 bridgehead atoms. The van der Waals surface area contributed by atoms with Gasteiger partial charge in [-0.15, -0.1) is 5.10 Å². The number of piperidine rings is 1. The van der Waals surface area contributed by atoms with E-state index in [4.69, 9.17) is 11.6 Å². The minimum Gasteiger partial charge on any atom is -0.324 e. The van der Waals surface area contributed by atoms with Crippen molar-refractivity contribution in [2.45, 2.75) is 31.5 Å². The lowest BCUT2D eigenvalue weighted by atomic mass is 9.96. The largest absolute Gasteiger partial charge is 0.416 e. The van der Waals surface area contributed by atoms with Gasteiger partial charge in [-0.1, -0.05) is 22.9 Å². The zero-order chi connectivity index (χ0) is 27.0. The predicted octanol–water partition coefficient (Wildman–Crippen LogP) is 4.79. The van der Waals surface area contributed by atoms with Crippen molar-refractivity contribution in [3.05, 3.63) is 80.6 Å². The second-order valence-electron chi connectivity index (χ2n) is 8.84. The van der Waals surface area contributed by atoms with Crippen molar-refractivity contribution in [2.24, 2.45) is 0 Å². The average molecular weight is 550 g/mol. The maximum Gasteiger partial charge on any atom is 0.416 e. The van der Waals surface area contributed by atoms with Crippen LogP contribution in [0.15, 0.2) is 47.3 Å². The second kappa shape index (κ2) is 10.0. The van der Waals surface area contributed by atoms with E-state index in [0.29, 0.717) is 31.8 Å². The minimum atomic E-state index is -4.46. The fraction of sp³-hybridized carbons (Fsp3) is 0.292. The number of aromatic nitrogens is 5. The summed E-state index contributed by atoms with van der Waals surface area (Å²) in [6.45, 7) is 0.600. The van der Waals surface area contributed by atoms with Crippen molar-refractivity contribution in [3.63, 3.8) is 0 Å². The predicted molar refractivity (Wildman–Crippen MR) is 130 cm³/mol. The van der Waals surface area contributed by atoms with Gasteiger partial charge >= 0.3 is 12.2 Å². The number of hydrogen-bond acceptors (Lipinski definition) is 5. The van der Waals surface area contributed by atoms with Gasteiger partial charge in [0, 0.05) is 35.3 Å². The number of nitrogens with one attached hydrogen (secondary N) is 2. The van der Waals surface area contributed by atoms with Crippen LogP contribution in [0, 0.1) is 5.82 Å². The minimum absolute atomic E-state index is 0.00886. The number of carbonyl (C=O) groups is 1. The number of amides is 2. The summed E-state index contributed by atoms with van der Waals surface area (Å²) in [6, 6.07) is 8.06. The first-order chi connectivity index (χ1) is 18.1. The Bertz CT molecular complexity index is 1520. The Morgan fingerprint density at radius 2 is 1.84 bits per heavy atom. The van der Waals surface area contributed by atoms with Gasteiger partial charge in [0.25, 0.3) is 5.56 Å². The van der Waals surface area contributed by atoms with Crippen LogP contribution >= 0.6 is 11.6 Å². The normalized spacial score (nSPS) is 14.7. The van der Waals surface area contributed by atoms with E-state index in [1.807, 2.05) is 0 Å². The summed E-state index contributed by atoms with van der Waals surface area (Å²) in [5.74, 6) is -0.302. The molecule has 0 saturated carbocycles. The molecule has 0 radical (unpaired) electrons. The van der Waals surface area contributed by atoms with Gasteiger partial charge in [0.05, 0.1) is 12.1 Å². The lowest BCUT2D eigenvalue weighted by Crippen LogP contribution is -2.41. The molecule has 38 heavy (non-hydrogen) atoms. The number of anilines is 1. The average Bonchev–Trinajstić information content (AvgIpc) is 3.29. The van der Waals surface area contributed by atoms with Gasteiger partial charge in [-0.2, -0.15) is 13.2 Å². The molecule has 2 aromatic carbocycles. The Hall–Kier alpha value is -4.00. The van der Waals surface area contributed by atoms with E-state index in [0.717, 1.165) is 12.1 Å². The Labute approximate surface area is 217 Å². The zero-order valence-corrected chi connectivity index (χ0v) is 20.4. The van der Waals surface area contributed by atoms with E-state index < -0.39 is 29.1 Å². The summed E-state index contributed by atoms with van der Waals surface area (Å²) in [6.07, 6.45) is -3.49. The fourth-order valence-corrected chi connectivity index (χ4v) is 4.54. The number of halogens is 5. The summed E-state index contributed by atoms with van der Waals surface area (Å²) in [5, 5.41) is 10.6. The van der Waals surface area contributed by atoms with Crippen LogP contribution in [-0.2, 0) is 12.7 Å². The number of fused-ring (bicyclic) bond motifs is 1. The molecule has 1 aliphatic rings. The van der Waals surface area contributed by atoms with Crippen LogP contribution in [0.2, 0.25) is 5.02 Å². The van der Waals surface area contributed by atoms with Crippen molar-refractivity contribution >= 4 is 34.5 Å². The maximum absolute atomic E-state index is 14.3. The molecule has 2 amide bonds. The topological polar surface area (TPSA) is 109 Å². The van der Waals surface area contributed by atoms with Crippen LogP contribution in [0.4, 0.5) is 28.0 Å². The van der Waals surface area contributed by atoms with Gasteiger partial charge in [-0.05, 0) is 49.2 Å². The molecule has 0 aliphatic carbocycles. The van der Waals surface area contributed by atoms with Crippen LogP contribution in [-0.4, -0.2) is 49.0 Å². The molecule has 14 heteroatoms. The molecule has 3 heterocycles. The van der Waals surface area contributed by atoms with Crippen LogP contribution < -0.4 is 10.9 Å². The molecule has 0 spiro atoms. The Balaban J connectivity index is 1.27. The number of aromatic amines is 1. The third-order valence-corrected chi connectivity index (χ3v) is 6.75. The van der Waals surface area contributed by atoms with E-state index >= 15 is 0 Å². The highest BCUT2D eigenvalue weighted by Gasteiger charge is 2.30. The molecule has 5 rings (SSSR count). The summed E-state index contributed by atoms with van der Waals surface area (Å²) in [5.41, 5.74) is -0.656. The van der Waals surface area contributed by atoms with E-state index in [2.05, 4.69) is 25.6 Å². The summed E-state index contributed by atoms with van der Waals surface area (Å²) >= 11 is 6.12. The molecular formula is C24H20ClF4N7O2. The first-order valence-corrected chi connectivity index (χ1v) is 12.0. The summed E-state index contributed by atoms with van der Waals surface area (Å²) in [7, 11) is 0. The molecule has 1 aliphatic heterocycles. The molecule has 1 fully saturated rings. The first-order valence-electron chi connectivity index (χ1n) is 11.6. The first kappa shape index (κ1) is 25.6. The number of carbonyl (C=O) groups excluding carboxylic acids is 1. The van der Waals surface area contributed by atoms with Crippen LogP contribution in [0.3, 0.4) is 0 Å². The molecular weight excluding hydrogens is 530 g/mol. The number of nitrogens with zero attached hydrogens (tertiary/aromatic N) is 5. The third-order valence-electron chi connectivity index (χ3n) is 6.39.